The Labute approximate surface area is 102 Å². The highest BCUT2D eigenvalue weighted by Crippen LogP contribution is 2.17. The SMILES string of the molecule is O=C(Nc1ccc2cn[nH]c2c1)C1CSCN1. The lowest BCUT2D eigenvalue weighted by Crippen LogP contribution is -2.37. The number of benzene rings is 1. The van der Waals surface area contributed by atoms with Gasteiger partial charge in [-0.3, -0.25) is 15.2 Å². The number of hydrogen-bond donors (Lipinski definition) is 3. The van der Waals surface area contributed by atoms with Crippen molar-refractivity contribution in [1.29, 1.82) is 0 Å². The van der Waals surface area contributed by atoms with Crippen molar-refractivity contribution in [2.45, 2.75) is 6.04 Å². The number of nitrogens with one attached hydrogen (secondary N) is 3. The molecule has 0 saturated carbocycles. The van der Waals surface area contributed by atoms with E-state index in [2.05, 4.69) is 20.8 Å². The monoisotopic (exact) mass is 248 g/mol. The second-order valence-corrected chi connectivity index (χ2v) is 4.96. The van der Waals surface area contributed by atoms with E-state index in [0.717, 1.165) is 28.2 Å². The van der Waals surface area contributed by atoms with Gasteiger partial charge in [-0.05, 0) is 18.2 Å². The summed E-state index contributed by atoms with van der Waals surface area (Å²) >= 11 is 1.74. The number of nitrogens with zero attached hydrogens (tertiary/aromatic N) is 1. The van der Waals surface area contributed by atoms with Gasteiger partial charge in [0.2, 0.25) is 5.91 Å². The quantitative estimate of drug-likeness (QED) is 0.746. The van der Waals surface area contributed by atoms with Crippen molar-refractivity contribution in [1.82, 2.24) is 15.5 Å². The summed E-state index contributed by atoms with van der Waals surface area (Å²) in [7, 11) is 0. The standard InChI is InChI=1S/C11H12N4OS/c16-11(10-5-17-6-12-10)14-8-2-1-7-4-13-15-9(7)3-8/h1-4,10,12H,5-6H2,(H,13,15)(H,14,16). The molecule has 1 atom stereocenters. The summed E-state index contributed by atoms with van der Waals surface area (Å²) in [6.45, 7) is 0. The van der Waals surface area contributed by atoms with Crippen molar-refractivity contribution >= 4 is 34.3 Å². The van der Waals surface area contributed by atoms with Crippen LogP contribution in [0.1, 0.15) is 0 Å². The van der Waals surface area contributed by atoms with Crippen molar-refractivity contribution in [2.24, 2.45) is 0 Å². The molecule has 3 N–H and O–H groups in total. The van der Waals surface area contributed by atoms with Gasteiger partial charge in [-0.2, -0.15) is 5.10 Å². The van der Waals surface area contributed by atoms with Crippen molar-refractivity contribution in [3.8, 4) is 0 Å². The highest BCUT2D eigenvalue weighted by Gasteiger charge is 2.22. The first kappa shape index (κ1) is 10.6. The van der Waals surface area contributed by atoms with Crippen LogP contribution in [0.2, 0.25) is 0 Å². The molecular weight excluding hydrogens is 236 g/mol. The summed E-state index contributed by atoms with van der Waals surface area (Å²) in [5.74, 6) is 1.70. The Hall–Kier alpha value is -1.53. The molecule has 17 heavy (non-hydrogen) atoms. The van der Waals surface area contributed by atoms with Crippen molar-refractivity contribution in [3.63, 3.8) is 0 Å². The van der Waals surface area contributed by atoms with Crippen LogP contribution < -0.4 is 10.6 Å². The zero-order valence-corrected chi connectivity index (χ0v) is 9.88. The Balaban J connectivity index is 1.77. The minimum Gasteiger partial charge on any atom is -0.325 e. The van der Waals surface area contributed by atoms with Crippen molar-refractivity contribution < 1.29 is 4.79 Å². The number of amides is 1. The summed E-state index contributed by atoms with van der Waals surface area (Å²) in [5.41, 5.74) is 1.72. The topological polar surface area (TPSA) is 69.8 Å². The van der Waals surface area contributed by atoms with E-state index in [-0.39, 0.29) is 11.9 Å². The van der Waals surface area contributed by atoms with Gasteiger partial charge in [0.15, 0.2) is 0 Å². The third kappa shape index (κ3) is 2.13. The zero-order valence-electron chi connectivity index (χ0n) is 9.06. The summed E-state index contributed by atoms with van der Waals surface area (Å²) < 4.78 is 0. The van der Waals surface area contributed by atoms with Crippen LogP contribution in [-0.4, -0.2) is 33.8 Å². The average molecular weight is 248 g/mol. The normalized spacial score (nSPS) is 19.6. The van der Waals surface area contributed by atoms with Crippen LogP contribution in [0.25, 0.3) is 10.9 Å². The largest absolute Gasteiger partial charge is 0.325 e. The summed E-state index contributed by atoms with van der Waals surface area (Å²) in [6.07, 6.45) is 1.76. The molecule has 1 amide bonds. The number of hydrogen-bond acceptors (Lipinski definition) is 4. The van der Waals surface area contributed by atoms with Crippen molar-refractivity contribution in [3.05, 3.63) is 24.4 Å². The van der Waals surface area contributed by atoms with Gasteiger partial charge in [0.1, 0.15) is 0 Å². The second kappa shape index (κ2) is 4.38. The Morgan fingerprint density at radius 2 is 2.47 bits per heavy atom. The number of carbonyl (C=O) groups is 1. The maximum Gasteiger partial charge on any atom is 0.242 e. The molecule has 1 aliphatic heterocycles. The van der Waals surface area contributed by atoms with E-state index < -0.39 is 0 Å². The van der Waals surface area contributed by atoms with E-state index in [4.69, 9.17) is 0 Å². The number of thioether (sulfide) groups is 1. The number of rotatable bonds is 2. The summed E-state index contributed by atoms with van der Waals surface area (Å²) in [6, 6.07) is 5.63. The molecule has 1 aliphatic rings. The zero-order chi connectivity index (χ0) is 11.7. The molecule has 0 spiro atoms. The highest BCUT2D eigenvalue weighted by molar-refractivity contribution is 7.99. The lowest BCUT2D eigenvalue weighted by Gasteiger charge is -2.10. The van der Waals surface area contributed by atoms with Crippen LogP contribution in [-0.2, 0) is 4.79 Å². The summed E-state index contributed by atoms with van der Waals surface area (Å²) in [4.78, 5) is 11.9. The van der Waals surface area contributed by atoms with Crippen LogP contribution >= 0.6 is 11.8 Å². The first-order valence-electron chi connectivity index (χ1n) is 5.38. The smallest absolute Gasteiger partial charge is 0.242 e. The Kier molecular flexibility index (Phi) is 2.74. The van der Waals surface area contributed by atoms with E-state index in [0.29, 0.717) is 0 Å². The van der Waals surface area contributed by atoms with E-state index in [1.807, 2.05) is 18.2 Å². The van der Waals surface area contributed by atoms with Gasteiger partial charge in [-0.1, -0.05) is 0 Å². The van der Waals surface area contributed by atoms with Gasteiger partial charge in [-0.25, -0.2) is 0 Å². The fourth-order valence-electron chi connectivity index (χ4n) is 1.81. The number of carbonyl (C=O) groups excluding carboxylic acids is 1. The molecular formula is C11H12N4OS. The Morgan fingerprint density at radius 3 is 3.29 bits per heavy atom. The maximum absolute atomic E-state index is 11.9. The maximum atomic E-state index is 11.9. The summed E-state index contributed by atoms with van der Waals surface area (Å²) in [5, 5.41) is 13.9. The van der Waals surface area contributed by atoms with Gasteiger partial charge >= 0.3 is 0 Å². The van der Waals surface area contributed by atoms with Gasteiger partial charge < -0.3 is 5.32 Å². The van der Waals surface area contributed by atoms with Crippen LogP contribution in [0, 0.1) is 0 Å². The lowest BCUT2D eigenvalue weighted by atomic mass is 10.2. The molecule has 6 heteroatoms. The number of fused-ring (bicyclic) bond motifs is 1. The lowest BCUT2D eigenvalue weighted by molar-refractivity contribution is -0.117. The van der Waals surface area contributed by atoms with Crippen LogP contribution in [0.5, 0.6) is 0 Å². The van der Waals surface area contributed by atoms with Gasteiger partial charge in [0, 0.05) is 22.7 Å². The number of aromatic nitrogens is 2. The molecule has 88 valence electrons. The van der Waals surface area contributed by atoms with Gasteiger partial charge in [0.25, 0.3) is 0 Å². The minimum atomic E-state index is -0.0857. The average Bonchev–Trinajstić information content (AvgIpc) is 2.99. The molecule has 1 saturated heterocycles. The van der Waals surface area contributed by atoms with Crippen LogP contribution in [0.3, 0.4) is 0 Å². The molecule has 2 heterocycles. The second-order valence-electron chi connectivity index (χ2n) is 3.93. The third-order valence-electron chi connectivity index (χ3n) is 2.74. The predicted molar refractivity (Wildman–Crippen MR) is 69.0 cm³/mol. The molecule has 1 unspecified atom stereocenters. The first-order chi connectivity index (χ1) is 8.33. The van der Waals surface area contributed by atoms with Crippen LogP contribution in [0.15, 0.2) is 24.4 Å². The van der Waals surface area contributed by atoms with Crippen molar-refractivity contribution in [2.75, 3.05) is 16.9 Å². The molecule has 2 aromatic rings. The van der Waals surface area contributed by atoms with Crippen LogP contribution in [0.4, 0.5) is 5.69 Å². The fraction of sp³-hybridized carbons (Fsp3) is 0.273. The molecule has 0 bridgehead atoms. The third-order valence-corrected chi connectivity index (χ3v) is 3.68. The highest BCUT2D eigenvalue weighted by atomic mass is 32.2. The Morgan fingerprint density at radius 1 is 1.53 bits per heavy atom. The first-order valence-corrected chi connectivity index (χ1v) is 6.53. The van der Waals surface area contributed by atoms with Gasteiger partial charge in [-0.15, -0.1) is 11.8 Å². The van der Waals surface area contributed by atoms with Gasteiger partial charge in [0.05, 0.1) is 17.8 Å². The van der Waals surface area contributed by atoms with E-state index >= 15 is 0 Å². The number of H-pyrrole nitrogens is 1. The minimum absolute atomic E-state index is 0.0221. The number of aromatic amines is 1. The molecule has 0 aliphatic carbocycles. The molecule has 0 radical (unpaired) electrons. The fourth-order valence-corrected chi connectivity index (χ4v) is 2.75. The molecule has 1 aromatic carbocycles. The predicted octanol–water partition coefficient (Wildman–Crippen LogP) is 1.16. The molecule has 1 aromatic heterocycles. The van der Waals surface area contributed by atoms with E-state index in [9.17, 15) is 4.79 Å². The molecule has 1 fully saturated rings. The number of anilines is 1. The van der Waals surface area contributed by atoms with E-state index in [1.165, 1.54) is 0 Å². The molecule has 5 nitrogen and oxygen atoms in total. The Bertz CT molecular complexity index is 547. The molecule has 3 rings (SSSR count). The van der Waals surface area contributed by atoms with E-state index in [1.54, 1.807) is 18.0 Å².